The van der Waals surface area contributed by atoms with E-state index in [9.17, 15) is 8.78 Å². The molecule has 2 heterocycles. The van der Waals surface area contributed by atoms with Crippen LogP contribution in [-0.4, -0.2) is 9.97 Å². The number of thiophene rings is 1. The first-order valence-corrected chi connectivity index (χ1v) is 9.60. The zero-order valence-electron chi connectivity index (χ0n) is 13.7. The Hall–Kier alpha value is -1.65. The predicted molar refractivity (Wildman–Crippen MR) is 101 cm³/mol. The molecule has 3 nitrogen and oxygen atoms in total. The first kappa shape index (κ1) is 16.8. The van der Waals surface area contributed by atoms with Crippen LogP contribution in [0, 0.1) is 0 Å². The number of benzene rings is 1. The average Bonchev–Trinajstić information content (AvgIpc) is 3.33. The van der Waals surface area contributed by atoms with Gasteiger partial charge in [0.15, 0.2) is 0 Å². The molecular weight excluding hydrogens is 359 g/mol. The second-order valence-corrected chi connectivity index (χ2v) is 8.24. The van der Waals surface area contributed by atoms with E-state index in [0.717, 1.165) is 10.2 Å². The molecule has 7 heteroatoms. The van der Waals surface area contributed by atoms with Crippen molar-refractivity contribution in [2.24, 2.45) is 0 Å². The van der Waals surface area contributed by atoms with Gasteiger partial charge < -0.3 is 5.32 Å². The molecule has 0 aliphatic heterocycles. The number of nitrogens with zero attached hydrogens (tertiary/aromatic N) is 2. The molecule has 4 rings (SSSR count). The summed E-state index contributed by atoms with van der Waals surface area (Å²) in [5.41, 5.74) is -1.47. The molecule has 130 valence electrons. The van der Waals surface area contributed by atoms with Gasteiger partial charge in [-0.25, -0.2) is 9.97 Å². The summed E-state index contributed by atoms with van der Waals surface area (Å²) in [6, 6.07) is 8.43. The van der Waals surface area contributed by atoms with Crippen molar-refractivity contribution in [2.45, 2.75) is 37.4 Å². The Balaban J connectivity index is 1.68. The van der Waals surface area contributed by atoms with Crippen molar-refractivity contribution in [3.05, 3.63) is 52.7 Å². The van der Waals surface area contributed by atoms with Crippen LogP contribution in [0.15, 0.2) is 36.7 Å². The van der Waals surface area contributed by atoms with Gasteiger partial charge in [-0.05, 0) is 37.3 Å². The Morgan fingerprint density at radius 3 is 2.76 bits per heavy atom. The molecule has 3 aromatic rings. The van der Waals surface area contributed by atoms with Gasteiger partial charge in [-0.1, -0.05) is 33.5 Å². The molecular formula is C18H18F2N3PS. The van der Waals surface area contributed by atoms with Crippen molar-refractivity contribution in [3.63, 3.8) is 0 Å². The predicted octanol–water partition coefficient (Wildman–Crippen LogP) is 5.67. The lowest BCUT2D eigenvalue weighted by atomic mass is 10.0. The van der Waals surface area contributed by atoms with Crippen molar-refractivity contribution >= 4 is 36.6 Å². The summed E-state index contributed by atoms with van der Waals surface area (Å²) in [7, 11) is 1.62. The molecule has 0 bridgehead atoms. The molecule has 1 aliphatic rings. The number of nitrogens with one attached hydrogen (secondary N) is 1. The van der Waals surface area contributed by atoms with Crippen LogP contribution in [0.5, 0.6) is 0 Å². The molecule has 1 N–H and O–H groups in total. The normalized spacial score (nSPS) is 16.2. The van der Waals surface area contributed by atoms with Crippen LogP contribution in [0.25, 0.3) is 10.2 Å². The Bertz CT molecular complexity index is 918. The van der Waals surface area contributed by atoms with E-state index in [1.807, 2.05) is 6.92 Å². The minimum atomic E-state index is -2.96. The lowest BCUT2D eigenvalue weighted by Crippen LogP contribution is -2.14. The van der Waals surface area contributed by atoms with Gasteiger partial charge in [0.05, 0.1) is 16.3 Å². The number of anilines is 1. The molecule has 2 atom stereocenters. The summed E-state index contributed by atoms with van der Waals surface area (Å²) in [5.74, 6) is 1.36. The molecule has 0 spiro atoms. The number of alkyl halides is 2. The van der Waals surface area contributed by atoms with Gasteiger partial charge >= 0.3 is 0 Å². The van der Waals surface area contributed by atoms with E-state index in [0.29, 0.717) is 17.3 Å². The van der Waals surface area contributed by atoms with Crippen molar-refractivity contribution < 1.29 is 8.78 Å². The molecule has 0 amide bonds. The molecule has 2 unspecified atom stereocenters. The highest BCUT2D eigenvalue weighted by Gasteiger charge is 2.30. The standard InChI is InChI=1S/C18H18F2N3PS/c1-10(12-4-2-3-5-13(12)18(19,20)24)23-17-16-14(21-9-22-17)8-15(25-16)11-6-7-11/h2-5,8-11H,6-7,24H2,1H3,(H,21,22,23). The Morgan fingerprint density at radius 2 is 2.04 bits per heavy atom. The van der Waals surface area contributed by atoms with Gasteiger partial charge in [0.25, 0.3) is 5.66 Å². The van der Waals surface area contributed by atoms with E-state index in [1.165, 1.54) is 30.1 Å². The molecule has 0 radical (unpaired) electrons. The SMILES string of the molecule is CC(Nc1ncnc2cc(C3CC3)sc12)c1ccccc1C(F)(F)P. The minimum Gasteiger partial charge on any atom is -0.362 e. The summed E-state index contributed by atoms with van der Waals surface area (Å²) in [4.78, 5) is 10.0. The van der Waals surface area contributed by atoms with Gasteiger partial charge in [0.1, 0.15) is 12.1 Å². The van der Waals surface area contributed by atoms with Gasteiger partial charge in [0.2, 0.25) is 0 Å². The van der Waals surface area contributed by atoms with Crippen LogP contribution in [0.4, 0.5) is 14.6 Å². The molecule has 1 aromatic carbocycles. The summed E-state index contributed by atoms with van der Waals surface area (Å²) < 4.78 is 28.7. The van der Waals surface area contributed by atoms with Crippen LogP contribution in [0.3, 0.4) is 0 Å². The second-order valence-electron chi connectivity index (χ2n) is 6.44. The van der Waals surface area contributed by atoms with E-state index in [4.69, 9.17) is 0 Å². The average molecular weight is 377 g/mol. The maximum Gasteiger partial charge on any atom is 0.284 e. The van der Waals surface area contributed by atoms with Crippen molar-refractivity contribution in [3.8, 4) is 0 Å². The highest BCUT2D eigenvalue weighted by molar-refractivity contribution is 7.19. The summed E-state index contributed by atoms with van der Waals surface area (Å²) in [6.45, 7) is 1.87. The lowest BCUT2D eigenvalue weighted by Gasteiger charge is -2.21. The van der Waals surface area contributed by atoms with E-state index in [2.05, 4.69) is 21.4 Å². The van der Waals surface area contributed by atoms with Gasteiger partial charge in [0, 0.05) is 10.4 Å². The largest absolute Gasteiger partial charge is 0.362 e. The van der Waals surface area contributed by atoms with E-state index >= 15 is 0 Å². The van der Waals surface area contributed by atoms with Crippen LogP contribution < -0.4 is 5.32 Å². The quantitative estimate of drug-likeness (QED) is 0.583. The summed E-state index contributed by atoms with van der Waals surface area (Å²) >= 11 is 1.70. The molecule has 1 saturated carbocycles. The third kappa shape index (κ3) is 3.38. The lowest BCUT2D eigenvalue weighted by molar-refractivity contribution is 0.102. The first-order valence-electron chi connectivity index (χ1n) is 8.20. The van der Waals surface area contributed by atoms with Crippen LogP contribution in [0.1, 0.15) is 47.7 Å². The maximum absolute atomic E-state index is 13.9. The van der Waals surface area contributed by atoms with Crippen LogP contribution in [-0.2, 0) is 5.66 Å². The fraction of sp³-hybridized carbons (Fsp3) is 0.333. The monoisotopic (exact) mass is 377 g/mol. The number of hydrogen-bond acceptors (Lipinski definition) is 4. The van der Waals surface area contributed by atoms with Gasteiger partial charge in [-0.3, -0.25) is 0 Å². The zero-order valence-corrected chi connectivity index (χ0v) is 15.6. The highest BCUT2D eigenvalue weighted by Crippen LogP contribution is 2.46. The third-order valence-corrected chi connectivity index (χ3v) is 6.05. The number of hydrogen-bond donors (Lipinski definition) is 1. The highest BCUT2D eigenvalue weighted by atomic mass is 32.1. The summed E-state index contributed by atoms with van der Waals surface area (Å²) in [5, 5.41) is 3.30. The summed E-state index contributed by atoms with van der Waals surface area (Å²) in [6.07, 6.45) is 3.99. The Kier molecular flexibility index (Phi) is 4.20. The van der Waals surface area contributed by atoms with Crippen molar-refractivity contribution in [1.82, 2.24) is 9.97 Å². The van der Waals surface area contributed by atoms with Gasteiger partial charge in [-0.15, -0.1) is 11.3 Å². The van der Waals surface area contributed by atoms with Crippen molar-refractivity contribution in [1.29, 1.82) is 0 Å². The number of aromatic nitrogens is 2. The number of fused-ring (bicyclic) bond motifs is 1. The molecule has 0 saturated heterocycles. The van der Waals surface area contributed by atoms with Crippen LogP contribution in [0.2, 0.25) is 0 Å². The van der Waals surface area contributed by atoms with Gasteiger partial charge in [-0.2, -0.15) is 8.78 Å². The second kappa shape index (κ2) is 6.26. The third-order valence-electron chi connectivity index (χ3n) is 4.45. The number of halogens is 2. The van der Waals surface area contributed by atoms with E-state index < -0.39 is 5.66 Å². The Morgan fingerprint density at radius 1 is 1.28 bits per heavy atom. The molecule has 1 fully saturated rings. The molecule has 25 heavy (non-hydrogen) atoms. The zero-order chi connectivity index (χ0) is 17.6. The van der Waals surface area contributed by atoms with Crippen molar-refractivity contribution in [2.75, 3.05) is 5.32 Å². The maximum atomic E-state index is 13.9. The fourth-order valence-corrected chi connectivity index (χ4v) is 4.50. The number of rotatable bonds is 5. The van der Waals surface area contributed by atoms with Crippen LogP contribution >= 0.6 is 20.6 Å². The Labute approximate surface area is 151 Å². The minimum absolute atomic E-state index is 0.00940. The first-order chi connectivity index (χ1) is 11.9. The fourth-order valence-electron chi connectivity index (χ4n) is 3.01. The van der Waals surface area contributed by atoms with E-state index in [1.54, 1.807) is 38.8 Å². The van der Waals surface area contributed by atoms with E-state index in [-0.39, 0.29) is 11.6 Å². The smallest absolute Gasteiger partial charge is 0.284 e. The topological polar surface area (TPSA) is 37.8 Å². The molecule has 2 aromatic heterocycles. The molecule has 1 aliphatic carbocycles.